The summed E-state index contributed by atoms with van der Waals surface area (Å²) in [4.78, 5) is 19.1. The monoisotopic (exact) mass is 421 g/mol. The highest BCUT2D eigenvalue weighted by atomic mass is 19.1. The third-order valence-electron chi connectivity index (χ3n) is 5.12. The average Bonchev–Trinajstić information content (AvgIpc) is 3.11. The van der Waals surface area contributed by atoms with Gasteiger partial charge in [0.25, 0.3) is 0 Å². The summed E-state index contributed by atoms with van der Waals surface area (Å²) < 4.78 is 21.7. The maximum absolute atomic E-state index is 13.8. The number of nitro benzene ring substituents is 1. The highest BCUT2D eigenvalue weighted by molar-refractivity contribution is 5.98. The summed E-state index contributed by atoms with van der Waals surface area (Å²) in [5.74, 6) is 0.223. The van der Waals surface area contributed by atoms with Gasteiger partial charge >= 0.3 is 5.69 Å². The second kappa shape index (κ2) is 7.67. The van der Waals surface area contributed by atoms with E-state index in [1.54, 1.807) is 19.2 Å². The zero-order valence-electron chi connectivity index (χ0n) is 15.9. The molecule has 1 N–H and O–H groups in total. The van der Waals surface area contributed by atoms with Gasteiger partial charge in [0.2, 0.25) is 11.8 Å². The van der Waals surface area contributed by atoms with Crippen LogP contribution in [0, 0.1) is 22.9 Å². The number of ether oxygens (including phenoxy) is 1. The molecule has 158 valence electrons. The van der Waals surface area contributed by atoms with E-state index in [1.807, 2.05) is 24.4 Å². The fourth-order valence-electron chi connectivity index (χ4n) is 3.70. The molecule has 0 saturated heterocycles. The summed E-state index contributed by atoms with van der Waals surface area (Å²) in [5.41, 5.74) is 2.94. The number of halogens is 1. The Morgan fingerprint density at radius 2 is 2.13 bits per heavy atom. The molecule has 0 spiro atoms. The number of nitro groups is 1. The number of aryl methyl sites for hydroxylation is 1. The molecular formula is C22H20FN5O3. The predicted octanol–water partition coefficient (Wildman–Crippen LogP) is 5.23. The molecular weight excluding hydrogens is 401 g/mol. The lowest BCUT2D eigenvalue weighted by Gasteiger charge is -2.16. The van der Waals surface area contributed by atoms with Gasteiger partial charge in [0.05, 0.1) is 28.4 Å². The first kappa shape index (κ1) is 20.3. The van der Waals surface area contributed by atoms with Crippen LogP contribution in [0.3, 0.4) is 0 Å². The normalized spacial score (nSPS) is 12.2. The number of rotatable bonds is 4. The SMILES string of the molecule is C.Cc1cc(F)c([N+](=O)[O-])cc1Nc1nccc(-c2cn3c4c(cccc24)OCC3)n1. The van der Waals surface area contributed by atoms with Gasteiger partial charge in [-0.25, -0.2) is 9.97 Å². The van der Waals surface area contributed by atoms with Crippen LogP contribution in [0.1, 0.15) is 13.0 Å². The van der Waals surface area contributed by atoms with E-state index in [-0.39, 0.29) is 13.4 Å². The lowest BCUT2D eigenvalue weighted by Crippen LogP contribution is -2.12. The summed E-state index contributed by atoms with van der Waals surface area (Å²) in [6, 6.07) is 9.97. The van der Waals surface area contributed by atoms with Crippen molar-refractivity contribution >= 4 is 28.2 Å². The molecule has 8 nitrogen and oxygen atoms in total. The van der Waals surface area contributed by atoms with E-state index in [0.29, 0.717) is 23.6 Å². The Morgan fingerprint density at radius 1 is 1.29 bits per heavy atom. The maximum Gasteiger partial charge on any atom is 0.306 e. The van der Waals surface area contributed by atoms with Crippen molar-refractivity contribution in [3.05, 3.63) is 70.3 Å². The molecule has 0 fully saturated rings. The van der Waals surface area contributed by atoms with Crippen molar-refractivity contribution in [2.75, 3.05) is 11.9 Å². The highest BCUT2D eigenvalue weighted by Gasteiger charge is 2.20. The molecule has 4 aromatic rings. The Morgan fingerprint density at radius 3 is 2.94 bits per heavy atom. The van der Waals surface area contributed by atoms with Gasteiger partial charge in [-0.2, -0.15) is 4.39 Å². The van der Waals surface area contributed by atoms with Gasteiger partial charge in [-0.3, -0.25) is 10.1 Å². The van der Waals surface area contributed by atoms with E-state index in [4.69, 9.17) is 4.74 Å². The van der Waals surface area contributed by atoms with Gasteiger partial charge in [-0.15, -0.1) is 0 Å². The van der Waals surface area contributed by atoms with Crippen molar-refractivity contribution in [1.82, 2.24) is 14.5 Å². The van der Waals surface area contributed by atoms with Gasteiger partial charge in [-0.1, -0.05) is 19.6 Å². The summed E-state index contributed by atoms with van der Waals surface area (Å²) >= 11 is 0. The third-order valence-corrected chi connectivity index (χ3v) is 5.12. The molecule has 2 aromatic heterocycles. The van der Waals surface area contributed by atoms with Crippen LogP contribution in [-0.2, 0) is 6.54 Å². The van der Waals surface area contributed by atoms with Crippen molar-refractivity contribution in [1.29, 1.82) is 0 Å². The number of nitrogens with zero attached hydrogens (tertiary/aromatic N) is 4. The molecule has 0 amide bonds. The molecule has 3 heterocycles. The minimum atomic E-state index is -0.880. The zero-order chi connectivity index (χ0) is 20.8. The highest BCUT2D eigenvalue weighted by Crippen LogP contribution is 2.37. The van der Waals surface area contributed by atoms with E-state index < -0.39 is 16.4 Å². The van der Waals surface area contributed by atoms with Crippen LogP contribution in [-0.4, -0.2) is 26.1 Å². The summed E-state index contributed by atoms with van der Waals surface area (Å²) in [5, 5.41) is 15.1. The van der Waals surface area contributed by atoms with Crippen molar-refractivity contribution < 1.29 is 14.1 Å². The third kappa shape index (κ3) is 3.43. The first-order valence-corrected chi connectivity index (χ1v) is 9.31. The molecule has 0 aliphatic carbocycles. The van der Waals surface area contributed by atoms with E-state index in [0.717, 1.165) is 40.9 Å². The topological polar surface area (TPSA) is 95.1 Å². The molecule has 9 heteroatoms. The second-order valence-electron chi connectivity index (χ2n) is 7.00. The zero-order valence-corrected chi connectivity index (χ0v) is 15.9. The van der Waals surface area contributed by atoms with E-state index in [1.165, 1.54) is 0 Å². The van der Waals surface area contributed by atoms with Crippen LogP contribution >= 0.6 is 0 Å². The molecule has 0 bridgehead atoms. The van der Waals surface area contributed by atoms with Crippen LogP contribution in [0.5, 0.6) is 5.75 Å². The quantitative estimate of drug-likeness (QED) is 0.358. The fraction of sp³-hybridized carbons (Fsp3) is 0.182. The van der Waals surface area contributed by atoms with Crippen LogP contribution in [0.4, 0.5) is 21.7 Å². The summed E-state index contributed by atoms with van der Waals surface area (Å²) in [6.45, 7) is 3.02. The Kier molecular flexibility index (Phi) is 5.02. The van der Waals surface area contributed by atoms with Crippen LogP contribution in [0.25, 0.3) is 22.2 Å². The van der Waals surface area contributed by atoms with E-state index in [9.17, 15) is 14.5 Å². The number of nitrogens with one attached hydrogen (secondary N) is 1. The van der Waals surface area contributed by atoms with E-state index >= 15 is 0 Å². The molecule has 1 aliphatic rings. The molecule has 1 aliphatic heterocycles. The van der Waals surface area contributed by atoms with Gasteiger partial charge in [0, 0.05) is 29.4 Å². The number of hydrogen-bond acceptors (Lipinski definition) is 6. The van der Waals surface area contributed by atoms with Gasteiger partial charge in [-0.05, 0) is 30.7 Å². The minimum Gasteiger partial charge on any atom is -0.490 e. The Balaban J connectivity index is 0.00000231. The standard InChI is InChI=1S/C21H16FN5O3.CH4/c1-12-9-15(22)18(27(28)29)10-17(12)25-21-23-6-5-16(24-21)14-11-26-7-8-30-19-4-2-3-13(14)20(19)26;/h2-6,9-11H,7-8H2,1H3,(H,23,24,25);1H4. The lowest BCUT2D eigenvalue weighted by molar-refractivity contribution is -0.387. The minimum absolute atomic E-state index is 0. The Hall–Kier alpha value is -4.01. The number of aromatic nitrogens is 3. The van der Waals surface area contributed by atoms with Crippen molar-refractivity contribution in [2.24, 2.45) is 0 Å². The molecule has 0 radical (unpaired) electrons. The average molecular weight is 421 g/mol. The second-order valence-corrected chi connectivity index (χ2v) is 7.00. The largest absolute Gasteiger partial charge is 0.490 e. The summed E-state index contributed by atoms with van der Waals surface area (Å²) in [6.07, 6.45) is 3.65. The number of benzene rings is 2. The summed E-state index contributed by atoms with van der Waals surface area (Å²) in [7, 11) is 0. The lowest BCUT2D eigenvalue weighted by atomic mass is 10.1. The number of anilines is 2. The van der Waals surface area contributed by atoms with Gasteiger partial charge in [0.1, 0.15) is 12.4 Å². The molecule has 0 saturated carbocycles. The van der Waals surface area contributed by atoms with Crippen LogP contribution < -0.4 is 10.1 Å². The molecule has 5 rings (SSSR count). The number of hydrogen-bond donors (Lipinski definition) is 1. The fourth-order valence-corrected chi connectivity index (χ4v) is 3.70. The number of para-hydroxylation sites is 1. The molecule has 31 heavy (non-hydrogen) atoms. The molecule has 0 unspecified atom stereocenters. The van der Waals surface area contributed by atoms with Crippen molar-refractivity contribution in [3.63, 3.8) is 0 Å². The van der Waals surface area contributed by atoms with Crippen LogP contribution in [0.15, 0.2) is 48.8 Å². The molecule has 2 aromatic carbocycles. The van der Waals surface area contributed by atoms with E-state index in [2.05, 4.69) is 19.9 Å². The maximum atomic E-state index is 13.8. The van der Waals surface area contributed by atoms with Gasteiger partial charge < -0.3 is 14.6 Å². The van der Waals surface area contributed by atoms with Gasteiger partial charge in [0.15, 0.2) is 0 Å². The predicted molar refractivity (Wildman–Crippen MR) is 116 cm³/mol. The Labute approximate surface area is 177 Å². The van der Waals surface area contributed by atoms with Crippen molar-refractivity contribution in [2.45, 2.75) is 20.9 Å². The first-order chi connectivity index (χ1) is 14.5. The Bertz CT molecular complexity index is 1320. The van der Waals surface area contributed by atoms with Crippen LogP contribution in [0.2, 0.25) is 0 Å². The molecule has 0 atom stereocenters. The van der Waals surface area contributed by atoms with Crippen molar-refractivity contribution in [3.8, 4) is 17.0 Å². The first-order valence-electron chi connectivity index (χ1n) is 9.31. The smallest absolute Gasteiger partial charge is 0.306 e.